The molecular weight excluding hydrogens is 266 g/mol. The number of benzene rings is 1. The Bertz CT molecular complexity index is 619. The molecular formula is C16H17N3O2. The quantitative estimate of drug-likeness (QED) is 0.787. The molecule has 1 fully saturated rings. The normalized spacial score (nSPS) is 13.7. The third kappa shape index (κ3) is 3.72. The zero-order valence-corrected chi connectivity index (χ0v) is 11.5. The van der Waals surface area contributed by atoms with Gasteiger partial charge in [0.2, 0.25) is 0 Å². The molecule has 2 aromatic rings. The van der Waals surface area contributed by atoms with Gasteiger partial charge in [0.05, 0.1) is 18.4 Å². The van der Waals surface area contributed by atoms with E-state index in [0.29, 0.717) is 18.2 Å². The maximum absolute atomic E-state index is 11.9. The van der Waals surface area contributed by atoms with E-state index in [-0.39, 0.29) is 11.7 Å². The molecule has 1 aromatic carbocycles. The third-order valence-corrected chi connectivity index (χ3v) is 3.34. The summed E-state index contributed by atoms with van der Waals surface area (Å²) in [6, 6.07) is 11.1. The first-order valence-electron chi connectivity index (χ1n) is 6.99. The molecule has 0 atom stereocenters. The Morgan fingerprint density at radius 1 is 1.19 bits per heavy atom. The third-order valence-electron chi connectivity index (χ3n) is 3.34. The highest BCUT2D eigenvalue weighted by atomic mass is 16.3. The fourth-order valence-corrected chi connectivity index (χ4v) is 1.95. The van der Waals surface area contributed by atoms with E-state index in [1.165, 1.54) is 6.20 Å². The number of pyridine rings is 1. The Kier molecular flexibility index (Phi) is 3.73. The summed E-state index contributed by atoms with van der Waals surface area (Å²) < 4.78 is 0. The minimum absolute atomic E-state index is 0.00995. The monoisotopic (exact) mass is 283 g/mol. The first-order valence-corrected chi connectivity index (χ1v) is 6.99. The number of amides is 1. The molecule has 3 rings (SSSR count). The SMILES string of the molecule is O=C(NC1CC1)c1ccc(NCc2ccc(O)cn2)cc1. The summed E-state index contributed by atoms with van der Waals surface area (Å²) in [7, 11) is 0. The van der Waals surface area contributed by atoms with Crippen LogP contribution < -0.4 is 10.6 Å². The molecule has 0 spiro atoms. The highest BCUT2D eigenvalue weighted by Crippen LogP contribution is 2.19. The Morgan fingerprint density at radius 2 is 1.95 bits per heavy atom. The van der Waals surface area contributed by atoms with Gasteiger partial charge >= 0.3 is 0 Å². The van der Waals surface area contributed by atoms with Gasteiger partial charge in [0, 0.05) is 17.3 Å². The molecule has 21 heavy (non-hydrogen) atoms. The molecule has 0 aliphatic heterocycles. The molecule has 1 saturated carbocycles. The van der Waals surface area contributed by atoms with Crippen LogP contribution in [0.2, 0.25) is 0 Å². The van der Waals surface area contributed by atoms with Crippen LogP contribution in [0.15, 0.2) is 42.6 Å². The molecule has 1 aliphatic rings. The average Bonchev–Trinajstić information content (AvgIpc) is 3.31. The van der Waals surface area contributed by atoms with Crippen LogP contribution in [0.25, 0.3) is 0 Å². The van der Waals surface area contributed by atoms with Crippen LogP contribution in [0.5, 0.6) is 5.75 Å². The molecule has 5 nitrogen and oxygen atoms in total. The first-order chi connectivity index (χ1) is 10.2. The molecule has 0 radical (unpaired) electrons. The lowest BCUT2D eigenvalue weighted by atomic mass is 10.2. The number of rotatable bonds is 5. The van der Waals surface area contributed by atoms with Crippen LogP contribution in [-0.2, 0) is 6.54 Å². The number of nitrogens with one attached hydrogen (secondary N) is 2. The van der Waals surface area contributed by atoms with Crippen molar-refractivity contribution >= 4 is 11.6 Å². The topological polar surface area (TPSA) is 74.2 Å². The fourth-order valence-electron chi connectivity index (χ4n) is 1.95. The number of aromatic nitrogens is 1. The molecule has 0 bridgehead atoms. The van der Waals surface area contributed by atoms with Crippen molar-refractivity contribution in [3.8, 4) is 5.75 Å². The molecule has 0 unspecified atom stereocenters. The zero-order valence-electron chi connectivity index (χ0n) is 11.5. The lowest BCUT2D eigenvalue weighted by Crippen LogP contribution is -2.25. The van der Waals surface area contributed by atoms with Crippen molar-refractivity contribution < 1.29 is 9.90 Å². The van der Waals surface area contributed by atoms with Gasteiger partial charge in [-0.25, -0.2) is 0 Å². The first kappa shape index (κ1) is 13.4. The van der Waals surface area contributed by atoms with Crippen molar-refractivity contribution in [3.63, 3.8) is 0 Å². The molecule has 5 heteroatoms. The summed E-state index contributed by atoms with van der Waals surface area (Å²) in [6.45, 7) is 0.563. The highest BCUT2D eigenvalue weighted by Gasteiger charge is 2.23. The van der Waals surface area contributed by atoms with Gasteiger partial charge in [-0.2, -0.15) is 0 Å². The van der Waals surface area contributed by atoms with Crippen LogP contribution in [0, 0.1) is 0 Å². The highest BCUT2D eigenvalue weighted by molar-refractivity contribution is 5.94. The molecule has 1 aliphatic carbocycles. The Labute approximate surface area is 123 Å². The van der Waals surface area contributed by atoms with Crippen LogP contribution in [0.3, 0.4) is 0 Å². The minimum Gasteiger partial charge on any atom is -0.506 e. The second kappa shape index (κ2) is 5.83. The molecule has 1 heterocycles. The summed E-state index contributed by atoms with van der Waals surface area (Å²) in [5.74, 6) is 0.147. The summed E-state index contributed by atoms with van der Waals surface area (Å²) in [5, 5.41) is 15.4. The van der Waals surface area contributed by atoms with E-state index in [1.807, 2.05) is 24.3 Å². The summed E-state index contributed by atoms with van der Waals surface area (Å²) in [5.41, 5.74) is 2.44. The number of hydrogen-bond donors (Lipinski definition) is 3. The molecule has 1 amide bonds. The summed E-state index contributed by atoms with van der Waals surface area (Å²) in [6.07, 6.45) is 3.60. The van der Waals surface area contributed by atoms with E-state index >= 15 is 0 Å². The van der Waals surface area contributed by atoms with Crippen LogP contribution >= 0.6 is 0 Å². The lowest BCUT2D eigenvalue weighted by molar-refractivity contribution is 0.0951. The smallest absolute Gasteiger partial charge is 0.251 e. The predicted molar refractivity (Wildman–Crippen MR) is 80.2 cm³/mol. The average molecular weight is 283 g/mol. The predicted octanol–water partition coefficient (Wildman–Crippen LogP) is 2.29. The van der Waals surface area contributed by atoms with Crippen molar-refractivity contribution in [2.24, 2.45) is 0 Å². The second-order valence-corrected chi connectivity index (χ2v) is 5.19. The number of carbonyl (C=O) groups excluding carboxylic acids is 1. The fraction of sp³-hybridized carbons (Fsp3) is 0.250. The maximum atomic E-state index is 11.9. The number of hydrogen-bond acceptors (Lipinski definition) is 4. The van der Waals surface area contributed by atoms with Gasteiger partial charge in [0.25, 0.3) is 5.91 Å². The number of aromatic hydroxyl groups is 1. The number of carbonyl (C=O) groups is 1. The van der Waals surface area contributed by atoms with E-state index in [1.54, 1.807) is 12.1 Å². The van der Waals surface area contributed by atoms with Crippen molar-refractivity contribution in [2.45, 2.75) is 25.4 Å². The Morgan fingerprint density at radius 3 is 2.57 bits per heavy atom. The molecule has 3 N–H and O–H groups in total. The minimum atomic E-state index is -0.00995. The van der Waals surface area contributed by atoms with E-state index < -0.39 is 0 Å². The van der Waals surface area contributed by atoms with E-state index in [9.17, 15) is 9.90 Å². The van der Waals surface area contributed by atoms with Crippen LogP contribution in [0.4, 0.5) is 5.69 Å². The summed E-state index contributed by atoms with van der Waals surface area (Å²) in [4.78, 5) is 16.0. The number of nitrogens with zero attached hydrogens (tertiary/aromatic N) is 1. The standard InChI is InChI=1S/C16H17N3O2/c20-15-8-7-14(18-10-15)9-17-12-3-1-11(2-4-12)16(21)19-13-5-6-13/h1-4,7-8,10,13,17,20H,5-6,9H2,(H,19,21). The van der Waals surface area contributed by atoms with E-state index in [4.69, 9.17) is 0 Å². The molecule has 1 aromatic heterocycles. The van der Waals surface area contributed by atoms with Crippen molar-refractivity contribution in [1.29, 1.82) is 0 Å². The van der Waals surface area contributed by atoms with Gasteiger partial charge in [0.1, 0.15) is 5.75 Å². The van der Waals surface area contributed by atoms with Gasteiger partial charge in [-0.15, -0.1) is 0 Å². The van der Waals surface area contributed by atoms with Gasteiger partial charge in [0.15, 0.2) is 0 Å². The van der Waals surface area contributed by atoms with Gasteiger partial charge in [-0.05, 0) is 49.2 Å². The zero-order chi connectivity index (χ0) is 14.7. The van der Waals surface area contributed by atoms with Crippen molar-refractivity contribution in [3.05, 3.63) is 53.9 Å². The maximum Gasteiger partial charge on any atom is 0.251 e. The van der Waals surface area contributed by atoms with E-state index in [2.05, 4.69) is 15.6 Å². The van der Waals surface area contributed by atoms with Gasteiger partial charge < -0.3 is 15.7 Å². The van der Waals surface area contributed by atoms with Crippen molar-refractivity contribution in [2.75, 3.05) is 5.32 Å². The van der Waals surface area contributed by atoms with Crippen molar-refractivity contribution in [1.82, 2.24) is 10.3 Å². The molecule has 108 valence electrons. The Hall–Kier alpha value is -2.56. The van der Waals surface area contributed by atoms with Gasteiger partial charge in [-0.3, -0.25) is 9.78 Å². The molecule has 0 saturated heterocycles. The van der Waals surface area contributed by atoms with Crippen LogP contribution in [-0.4, -0.2) is 22.0 Å². The van der Waals surface area contributed by atoms with Gasteiger partial charge in [-0.1, -0.05) is 0 Å². The number of anilines is 1. The second-order valence-electron chi connectivity index (χ2n) is 5.19. The largest absolute Gasteiger partial charge is 0.506 e. The van der Waals surface area contributed by atoms with Crippen LogP contribution in [0.1, 0.15) is 28.9 Å². The lowest BCUT2D eigenvalue weighted by Gasteiger charge is -2.07. The van der Waals surface area contributed by atoms with E-state index in [0.717, 1.165) is 24.2 Å². The summed E-state index contributed by atoms with van der Waals surface area (Å²) >= 11 is 0. The Balaban J connectivity index is 1.56.